The van der Waals surface area contributed by atoms with Gasteiger partial charge in [0.15, 0.2) is 5.79 Å². The molecule has 0 bridgehead atoms. The van der Waals surface area contributed by atoms with Gasteiger partial charge < -0.3 is 14.6 Å². The molecule has 0 aromatic heterocycles. The molecule has 3 fully saturated rings. The summed E-state index contributed by atoms with van der Waals surface area (Å²) in [6, 6.07) is 0. The third kappa shape index (κ3) is 1.47. The topological polar surface area (TPSA) is 38.7 Å². The van der Waals surface area contributed by atoms with E-state index in [1.54, 1.807) is 0 Å². The zero-order valence-corrected chi connectivity index (χ0v) is 11.1. The molecule has 0 amide bonds. The summed E-state index contributed by atoms with van der Waals surface area (Å²) in [5, 5.41) is 11.1. The van der Waals surface area contributed by atoms with Crippen LogP contribution in [0.1, 0.15) is 39.0 Å². The van der Waals surface area contributed by atoms with Crippen molar-refractivity contribution in [2.75, 3.05) is 13.2 Å². The molecule has 2 atom stereocenters. The Kier molecular flexibility index (Phi) is 2.54. The average molecular weight is 250 g/mol. The SMILES string of the molecule is C=C1C[C@]2(C)CCC3(CC[C@@]2(O)C1=C)OCCO3. The number of hydrogen-bond donors (Lipinski definition) is 1. The van der Waals surface area contributed by atoms with Crippen molar-refractivity contribution in [3.63, 3.8) is 0 Å². The summed E-state index contributed by atoms with van der Waals surface area (Å²) < 4.78 is 11.6. The van der Waals surface area contributed by atoms with Crippen LogP contribution in [0.5, 0.6) is 0 Å². The Bertz CT molecular complexity index is 408. The van der Waals surface area contributed by atoms with Gasteiger partial charge in [0.25, 0.3) is 0 Å². The van der Waals surface area contributed by atoms with Crippen LogP contribution in [0.25, 0.3) is 0 Å². The van der Waals surface area contributed by atoms with E-state index in [0.717, 1.165) is 36.8 Å². The van der Waals surface area contributed by atoms with Gasteiger partial charge >= 0.3 is 0 Å². The van der Waals surface area contributed by atoms with Crippen LogP contribution in [-0.4, -0.2) is 29.7 Å². The summed E-state index contributed by atoms with van der Waals surface area (Å²) >= 11 is 0. The number of fused-ring (bicyclic) bond motifs is 1. The molecule has 18 heavy (non-hydrogen) atoms. The molecule has 1 saturated heterocycles. The molecule has 0 aromatic rings. The van der Waals surface area contributed by atoms with Crippen LogP contribution in [0.2, 0.25) is 0 Å². The molecule has 2 saturated carbocycles. The Morgan fingerprint density at radius 3 is 2.33 bits per heavy atom. The second-order valence-electron chi connectivity index (χ2n) is 6.29. The highest BCUT2D eigenvalue weighted by molar-refractivity contribution is 5.44. The van der Waals surface area contributed by atoms with Gasteiger partial charge in [-0.3, -0.25) is 0 Å². The molecule has 100 valence electrons. The van der Waals surface area contributed by atoms with E-state index in [4.69, 9.17) is 9.47 Å². The van der Waals surface area contributed by atoms with Crippen LogP contribution < -0.4 is 0 Å². The Morgan fingerprint density at radius 2 is 1.67 bits per heavy atom. The third-order valence-corrected chi connectivity index (χ3v) is 5.27. The van der Waals surface area contributed by atoms with E-state index in [2.05, 4.69) is 20.1 Å². The molecular formula is C15H22O3. The van der Waals surface area contributed by atoms with E-state index in [1.165, 1.54) is 0 Å². The predicted octanol–water partition coefficient (Wildman–Crippen LogP) is 2.56. The molecule has 3 nitrogen and oxygen atoms in total. The van der Waals surface area contributed by atoms with E-state index in [1.807, 2.05) is 0 Å². The maximum atomic E-state index is 11.1. The fourth-order valence-corrected chi connectivity index (χ4v) is 3.88. The van der Waals surface area contributed by atoms with Crippen molar-refractivity contribution >= 4 is 0 Å². The Balaban J connectivity index is 1.92. The maximum Gasteiger partial charge on any atom is 0.168 e. The minimum Gasteiger partial charge on any atom is -0.385 e. The fraction of sp³-hybridized carbons (Fsp3) is 0.733. The quantitative estimate of drug-likeness (QED) is 0.718. The highest BCUT2D eigenvalue weighted by Gasteiger charge is 2.58. The molecule has 1 heterocycles. The molecule has 0 radical (unpaired) electrons. The van der Waals surface area contributed by atoms with E-state index in [-0.39, 0.29) is 5.41 Å². The molecule has 1 N–H and O–H groups in total. The van der Waals surface area contributed by atoms with Crippen LogP contribution in [0.15, 0.2) is 24.3 Å². The summed E-state index contributed by atoms with van der Waals surface area (Å²) in [5.74, 6) is -0.454. The number of ether oxygens (including phenoxy) is 2. The van der Waals surface area contributed by atoms with Crippen LogP contribution in [0.4, 0.5) is 0 Å². The van der Waals surface area contributed by atoms with Crippen LogP contribution in [-0.2, 0) is 9.47 Å². The highest BCUT2D eigenvalue weighted by atomic mass is 16.7. The molecule has 0 unspecified atom stereocenters. The van der Waals surface area contributed by atoms with Crippen molar-refractivity contribution < 1.29 is 14.6 Å². The molecule has 3 aliphatic rings. The minimum absolute atomic E-state index is 0.167. The molecule has 0 aromatic carbocycles. The molecule has 3 heteroatoms. The van der Waals surface area contributed by atoms with E-state index in [9.17, 15) is 5.11 Å². The molecule has 1 spiro atoms. The first kappa shape index (κ1) is 12.4. The Labute approximate surface area is 108 Å². The number of aliphatic hydroxyl groups is 1. The van der Waals surface area contributed by atoms with Crippen LogP contribution in [0.3, 0.4) is 0 Å². The van der Waals surface area contributed by atoms with Crippen molar-refractivity contribution in [3.05, 3.63) is 24.3 Å². The van der Waals surface area contributed by atoms with Gasteiger partial charge in [0.2, 0.25) is 0 Å². The number of hydrogen-bond acceptors (Lipinski definition) is 3. The summed E-state index contributed by atoms with van der Waals surface area (Å²) in [6.07, 6.45) is 3.97. The highest BCUT2D eigenvalue weighted by Crippen LogP contribution is 2.59. The molecule has 1 aliphatic heterocycles. The minimum atomic E-state index is -0.830. The first-order chi connectivity index (χ1) is 8.41. The van der Waals surface area contributed by atoms with Gasteiger partial charge in [-0.25, -0.2) is 0 Å². The predicted molar refractivity (Wildman–Crippen MR) is 69.1 cm³/mol. The lowest BCUT2D eigenvalue weighted by Gasteiger charge is -2.38. The molecule has 3 rings (SSSR count). The largest absolute Gasteiger partial charge is 0.385 e. The van der Waals surface area contributed by atoms with Gasteiger partial charge in [-0.15, -0.1) is 0 Å². The van der Waals surface area contributed by atoms with Crippen molar-refractivity contribution in [1.29, 1.82) is 0 Å². The molecule has 2 aliphatic carbocycles. The lowest BCUT2D eigenvalue weighted by molar-refractivity contribution is -0.167. The van der Waals surface area contributed by atoms with Gasteiger partial charge in [-0.05, 0) is 30.4 Å². The lowest BCUT2D eigenvalue weighted by atomic mass is 9.71. The summed E-state index contributed by atoms with van der Waals surface area (Å²) in [7, 11) is 0. The van der Waals surface area contributed by atoms with E-state index < -0.39 is 11.4 Å². The first-order valence-electron chi connectivity index (χ1n) is 6.79. The smallest absolute Gasteiger partial charge is 0.168 e. The Morgan fingerprint density at radius 1 is 1.06 bits per heavy atom. The normalized spacial score (nSPS) is 43.2. The van der Waals surface area contributed by atoms with Crippen molar-refractivity contribution in [1.82, 2.24) is 0 Å². The lowest BCUT2D eigenvalue weighted by Crippen LogP contribution is -2.42. The maximum absolute atomic E-state index is 11.1. The van der Waals surface area contributed by atoms with Crippen molar-refractivity contribution in [2.45, 2.75) is 50.4 Å². The van der Waals surface area contributed by atoms with Gasteiger partial charge in [0, 0.05) is 18.3 Å². The standard InChI is InChI=1S/C15H22O3/c1-11-10-13(3)4-5-14(17-8-9-18-14)6-7-15(13,16)12(11)2/h16H,1-2,4-10H2,3H3/t13-,15+/m0/s1. The van der Waals surface area contributed by atoms with Gasteiger partial charge in [0.05, 0.1) is 18.8 Å². The van der Waals surface area contributed by atoms with Crippen molar-refractivity contribution in [2.24, 2.45) is 5.41 Å². The van der Waals surface area contributed by atoms with E-state index in [0.29, 0.717) is 19.6 Å². The zero-order chi connectivity index (χ0) is 13.0. The second-order valence-corrected chi connectivity index (χ2v) is 6.29. The van der Waals surface area contributed by atoms with E-state index >= 15 is 0 Å². The van der Waals surface area contributed by atoms with Gasteiger partial charge in [-0.2, -0.15) is 0 Å². The third-order valence-electron chi connectivity index (χ3n) is 5.27. The first-order valence-corrected chi connectivity index (χ1v) is 6.79. The average Bonchev–Trinajstić information content (AvgIpc) is 2.83. The summed E-state index contributed by atoms with van der Waals surface area (Å²) in [4.78, 5) is 0. The Hall–Kier alpha value is -0.640. The zero-order valence-electron chi connectivity index (χ0n) is 11.1. The second kappa shape index (κ2) is 3.69. The van der Waals surface area contributed by atoms with Crippen LogP contribution in [0, 0.1) is 5.41 Å². The van der Waals surface area contributed by atoms with Crippen LogP contribution >= 0.6 is 0 Å². The summed E-state index contributed by atoms with van der Waals surface area (Å²) in [5.41, 5.74) is 0.826. The number of rotatable bonds is 0. The monoisotopic (exact) mass is 250 g/mol. The van der Waals surface area contributed by atoms with Gasteiger partial charge in [-0.1, -0.05) is 20.1 Å². The fourth-order valence-electron chi connectivity index (χ4n) is 3.88. The molecular weight excluding hydrogens is 228 g/mol. The summed E-state index contributed by atoms with van der Waals surface area (Å²) in [6.45, 7) is 11.6. The van der Waals surface area contributed by atoms with Crippen molar-refractivity contribution in [3.8, 4) is 0 Å². The van der Waals surface area contributed by atoms with Gasteiger partial charge in [0.1, 0.15) is 0 Å².